The van der Waals surface area contributed by atoms with Gasteiger partial charge in [-0.15, -0.1) is 0 Å². The SMILES string of the molecule is CCN=C(N)C1CCS(=O)(=O)C1. The maximum absolute atomic E-state index is 11.0. The lowest BCUT2D eigenvalue weighted by molar-refractivity contribution is 0.601. The van der Waals surface area contributed by atoms with E-state index in [4.69, 9.17) is 5.73 Å². The van der Waals surface area contributed by atoms with Gasteiger partial charge in [-0.05, 0) is 13.3 Å². The van der Waals surface area contributed by atoms with Gasteiger partial charge in [0.05, 0.1) is 17.3 Å². The van der Waals surface area contributed by atoms with Gasteiger partial charge in [-0.3, -0.25) is 4.99 Å². The Bertz CT molecular complexity index is 282. The minimum atomic E-state index is -2.82. The average Bonchev–Trinajstić information content (AvgIpc) is 2.31. The maximum Gasteiger partial charge on any atom is 0.151 e. The summed E-state index contributed by atoms with van der Waals surface area (Å²) in [5.41, 5.74) is 5.60. The van der Waals surface area contributed by atoms with Gasteiger partial charge < -0.3 is 5.73 Å². The first kappa shape index (κ1) is 9.51. The highest BCUT2D eigenvalue weighted by atomic mass is 32.2. The molecule has 1 unspecified atom stereocenters. The van der Waals surface area contributed by atoms with Crippen molar-refractivity contribution in [2.45, 2.75) is 13.3 Å². The van der Waals surface area contributed by atoms with E-state index < -0.39 is 9.84 Å². The third kappa shape index (κ3) is 2.20. The van der Waals surface area contributed by atoms with Crippen LogP contribution in [0.1, 0.15) is 13.3 Å². The van der Waals surface area contributed by atoms with Crippen molar-refractivity contribution in [2.24, 2.45) is 16.6 Å². The van der Waals surface area contributed by atoms with Crippen LogP contribution in [0.3, 0.4) is 0 Å². The first-order valence-electron chi connectivity index (χ1n) is 4.05. The van der Waals surface area contributed by atoms with Crippen molar-refractivity contribution >= 4 is 15.7 Å². The summed E-state index contributed by atoms with van der Waals surface area (Å²) in [6, 6.07) is 0. The molecule has 1 fully saturated rings. The van der Waals surface area contributed by atoms with Gasteiger partial charge in [-0.25, -0.2) is 8.42 Å². The van der Waals surface area contributed by atoms with E-state index in [-0.39, 0.29) is 17.4 Å². The number of nitrogens with zero attached hydrogens (tertiary/aromatic N) is 1. The van der Waals surface area contributed by atoms with E-state index in [2.05, 4.69) is 4.99 Å². The lowest BCUT2D eigenvalue weighted by atomic mass is 10.1. The Balaban J connectivity index is 2.64. The van der Waals surface area contributed by atoms with Crippen LogP contribution in [0.2, 0.25) is 0 Å². The molecule has 1 saturated heterocycles. The Morgan fingerprint density at radius 1 is 1.67 bits per heavy atom. The largest absolute Gasteiger partial charge is 0.387 e. The third-order valence-electron chi connectivity index (χ3n) is 1.99. The molecule has 1 aliphatic rings. The van der Waals surface area contributed by atoms with Crippen molar-refractivity contribution in [2.75, 3.05) is 18.1 Å². The Labute approximate surface area is 72.8 Å². The van der Waals surface area contributed by atoms with Gasteiger partial charge in [0.2, 0.25) is 0 Å². The molecular formula is C7H14N2O2S. The van der Waals surface area contributed by atoms with E-state index in [1.54, 1.807) is 0 Å². The van der Waals surface area contributed by atoms with Gasteiger partial charge >= 0.3 is 0 Å². The second-order valence-corrected chi connectivity index (χ2v) is 5.23. The molecule has 1 rings (SSSR count). The van der Waals surface area contributed by atoms with Gasteiger partial charge in [-0.1, -0.05) is 0 Å². The van der Waals surface area contributed by atoms with Crippen LogP contribution in [0.5, 0.6) is 0 Å². The highest BCUT2D eigenvalue weighted by Crippen LogP contribution is 2.18. The number of amidine groups is 1. The van der Waals surface area contributed by atoms with E-state index >= 15 is 0 Å². The lowest BCUT2D eigenvalue weighted by Gasteiger charge is -2.05. The molecule has 70 valence electrons. The van der Waals surface area contributed by atoms with Crippen LogP contribution in [0.25, 0.3) is 0 Å². The predicted octanol–water partition coefficient (Wildman–Crippen LogP) is -0.202. The quantitative estimate of drug-likeness (QED) is 0.484. The molecule has 0 bridgehead atoms. The summed E-state index contributed by atoms with van der Waals surface area (Å²) >= 11 is 0. The van der Waals surface area contributed by atoms with E-state index in [0.29, 0.717) is 18.8 Å². The van der Waals surface area contributed by atoms with Crippen LogP contribution in [-0.2, 0) is 9.84 Å². The smallest absolute Gasteiger partial charge is 0.151 e. The predicted molar refractivity (Wildman–Crippen MR) is 48.9 cm³/mol. The monoisotopic (exact) mass is 190 g/mol. The van der Waals surface area contributed by atoms with Crippen molar-refractivity contribution in [1.29, 1.82) is 0 Å². The highest BCUT2D eigenvalue weighted by molar-refractivity contribution is 7.91. The first-order chi connectivity index (χ1) is 5.55. The van der Waals surface area contributed by atoms with Crippen LogP contribution >= 0.6 is 0 Å². The fourth-order valence-corrected chi connectivity index (χ4v) is 3.10. The molecule has 5 heteroatoms. The van der Waals surface area contributed by atoms with Crippen molar-refractivity contribution < 1.29 is 8.42 Å². The van der Waals surface area contributed by atoms with Crippen LogP contribution < -0.4 is 5.73 Å². The minimum absolute atomic E-state index is 0.0325. The second-order valence-electron chi connectivity index (χ2n) is 3.00. The van der Waals surface area contributed by atoms with Crippen molar-refractivity contribution in [3.8, 4) is 0 Å². The molecule has 4 nitrogen and oxygen atoms in total. The molecule has 0 saturated carbocycles. The summed E-state index contributed by atoms with van der Waals surface area (Å²) in [6.45, 7) is 2.51. The summed E-state index contributed by atoms with van der Waals surface area (Å²) in [7, 11) is -2.82. The molecule has 1 aliphatic heterocycles. The van der Waals surface area contributed by atoms with E-state index in [1.807, 2.05) is 6.92 Å². The second kappa shape index (κ2) is 3.43. The normalized spacial score (nSPS) is 29.1. The zero-order chi connectivity index (χ0) is 9.19. The molecule has 0 radical (unpaired) electrons. The van der Waals surface area contributed by atoms with Crippen LogP contribution in [0.4, 0.5) is 0 Å². The number of hydrogen-bond donors (Lipinski definition) is 1. The molecule has 0 aromatic carbocycles. The lowest BCUT2D eigenvalue weighted by Crippen LogP contribution is -2.24. The molecule has 0 aromatic heterocycles. The fourth-order valence-electron chi connectivity index (χ4n) is 1.34. The zero-order valence-corrected chi connectivity index (χ0v) is 7.97. The highest BCUT2D eigenvalue weighted by Gasteiger charge is 2.29. The van der Waals surface area contributed by atoms with Crippen molar-refractivity contribution in [3.05, 3.63) is 0 Å². The van der Waals surface area contributed by atoms with Crippen LogP contribution in [-0.4, -0.2) is 32.3 Å². The van der Waals surface area contributed by atoms with Gasteiger partial charge in [0.25, 0.3) is 0 Å². The van der Waals surface area contributed by atoms with E-state index in [0.717, 1.165) is 0 Å². The van der Waals surface area contributed by atoms with Gasteiger partial charge in [0, 0.05) is 12.5 Å². The molecular weight excluding hydrogens is 176 g/mol. The topological polar surface area (TPSA) is 72.5 Å². The van der Waals surface area contributed by atoms with E-state index in [1.165, 1.54) is 0 Å². The number of sulfone groups is 1. The number of rotatable bonds is 2. The standard InChI is InChI=1S/C7H14N2O2S/c1-2-9-7(8)6-3-4-12(10,11)5-6/h6H,2-5H2,1H3,(H2,8,9). The van der Waals surface area contributed by atoms with Gasteiger partial charge in [0.1, 0.15) is 0 Å². The molecule has 1 atom stereocenters. The molecule has 2 N–H and O–H groups in total. The Hall–Kier alpha value is -0.580. The summed E-state index contributed by atoms with van der Waals surface area (Å²) in [5.74, 6) is 0.911. The average molecular weight is 190 g/mol. The van der Waals surface area contributed by atoms with Gasteiger partial charge in [-0.2, -0.15) is 0 Å². The third-order valence-corrected chi connectivity index (χ3v) is 3.76. The van der Waals surface area contributed by atoms with Crippen molar-refractivity contribution in [3.63, 3.8) is 0 Å². The Morgan fingerprint density at radius 3 is 2.75 bits per heavy atom. The summed E-state index contributed by atoms with van der Waals surface area (Å²) < 4.78 is 22.1. The summed E-state index contributed by atoms with van der Waals surface area (Å²) in [5, 5.41) is 0. The first-order valence-corrected chi connectivity index (χ1v) is 5.87. The van der Waals surface area contributed by atoms with Crippen LogP contribution in [0, 0.1) is 5.92 Å². The van der Waals surface area contributed by atoms with E-state index in [9.17, 15) is 8.42 Å². The molecule has 1 heterocycles. The summed E-state index contributed by atoms with van der Waals surface area (Å²) in [6.07, 6.45) is 0.637. The molecule has 0 aliphatic carbocycles. The fraction of sp³-hybridized carbons (Fsp3) is 0.857. The Morgan fingerprint density at radius 2 is 2.33 bits per heavy atom. The molecule has 0 aromatic rings. The Kier molecular flexibility index (Phi) is 2.72. The molecule has 0 amide bonds. The summed E-state index contributed by atoms with van der Waals surface area (Å²) in [4.78, 5) is 4.00. The van der Waals surface area contributed by atoms with Crippen LogP contribution in [0.15, 0.2) is 4.99 Å². The molecule has 0 spiro atoms. The van der Waals surface area contributed by atoms with Gasteiger partial charge in [0.15, 0.2) is 9.84 Å². The molecule has 12 heavy (non-hydrogen) atoms. The minimum Gasteiger partial charge on any atom is -0.387 e. The van der Waals surface area contributed by atoms with Crippen molar-refractivity contribution in [1.82, 2.24) is 0 Å². The number of aliphatic imine (C=N–C) groups is 1. The number of nitrogens with two attached hydrogens (primary N) is 1. The zero-order valence-electron chi connectivity index (χ0n) is 7.16. The maximum atomic E-state index is 11.0. The number of hydrogen-bond acceptors (Lipinski definition) is 3.